The third kappa shape index (κ3) is 2.11. The number of carbonyl (C=O) groups excluding carboxylic acids is 1. The maximum absolute atomic E-state index is 11.8. The fourth-order valence-electron chi connectivity index (χ4n) is 2.01. The SMILES string of the molecule is Cn1cc(N)c(C(=O)NC2CCCC2)n1. The summed E-state index contributed by atoms with van der Waals surface area (Å²) in [5.41, 5.74) is 6.45. The Morgan fingerprint density at radius 3 is 2.80 bits per heavy atom. The van der Waals surface area contributed by atoms with Crippen LogP contribution < -0.4 is 11.1 Å². The molecule has 1 aliphatic carbocycles. The number of aryl methyl sites for hydroxylation is 1. The molecular weight excluding hydrogens is 192 g/mol. The molecule has 0 atom stereocenters. The van der Waals surface area contributed by atoms with Crippen molar-refractivity contribution in [3.05, 3.63) is 11.9 Å². The Bertz CT molecular complexity index is 365. The predicted octanol–water partition coefficient (Wildman–Crippen LogP) is 0.675. The van der Waals surface area contributed by atoms with Crippen LogP contribution in [0.5, 0.6) is 0 Å². The summed E-state index contributed by atoms with van der Waals surface area (Å²) in [7, 11) is 1.75. The maximum atomic E-state index is 11.8. The van der Waals surface area contributed by atoms with Crippen molar-refractivity contribution in [3.63, 3.8) is 0 Å². The van der Waals surface area contributed by atoms with Crippen LogP contribution in [0.3, 0.4) is 0 Å². The van der Waals surface area contributed by atoms with E-state index >= 15 is 0 Å². The second-order valence-electron chi connectivity index (χ2n) is 4.06. The van der Waals surface area contributed by atoms with Crippen molar-refractivity contribution in [2.45, 2.75) is 31.7 Å². The van der Waals surface area contributed by atoms with E-state index in [1.165, 1.54) is 12.8 Å². The second-order valence-corrected chi connectivity index (χ2v) is 4.06. The minimum Gasteiger partial charge on any atom is -0.396 e. The van der Waals surface area contributed by atoms with Gasteiger partial charge in [0.25, 0.3) is 5.91 Å². The van der Waals surface area contributed by atoms with E-state index in [0.717, 1.165) is 12.8 Å². The van der Waals surface area contributed by atoms with Gasteiger partial charge in [-0.3, -0.25) is 9.48 Å². The molecule has 1 aromatic heterocycles. The normalized spacial score (nSPS) is 16.9. The van der Waals surface area contributed by atoms with Crippen molar-refractivity contribution >= 4 is 11.6 Å². The number of aromatic nitrogens is 2. The van der Waals surface area contributed by atoms with Crippen LogP contribution in [-0.2, 0) is 7.05 Å². The first-order chi connectivity index (χ1) is 7.16. The van der Waals surface area contributed by atoms with E-state index in [0.29, 0.717) is 17.4 Å². The standard InChI is InChI=1S/C10H16N4O/c1-14-6-8(11)9(13-14)10(15)12-7-4-2-3-5-7/h6-7H,2-5,11H2,1H3,(H,12,15). The molecule has 1 aromatic rings. The second kappa shape index (κ2) is 3.92. The lowest BCUT2D eigenvalue weighted by Gasteiger charge is -2.10. The lowest BCUT2D eigenvalue weighted by molar-refractivity contribution is 0.0933. The number of nitrogens with two attached hydrogens (primary N) is 1. The summed E-state index contributed by atoms with van der Waals surface area (Å²) in [6.07, 6.45) is 6.17. The third-order valence-electron chi connectivity index (χ3n) is 2.76. The Labute approximate surface area is 88.6 Å². The zero-order valence-corrected chi connectivity index (χ0v) is 8.86. The highest BCUT2D eigenvalue weighted by Gasteiger charge is 2.20. The Hall–Kier alpha value is -1.52. The smallest absolute Gasteiger partial charge is 0.274 e. The lowest BCUT2D eigenvalue weighted by Crippen LogP contribution is -2.33. The van der Waals surface area contributed by atoms with Gasteiger partial charge in [0.1, 0.15) is 0 Å². The van der Waals surface area contributed by atoms with Gasteiger partial charge in [0, 0.05) is 19.3 Å². The highest BCUT2D eigenvalue weighted by atomic mass is 16.2. The zero-order chi connectivity index (χ0) is 10.8. The average molecular weight is 208 g/mol. The molecular formula is C10H16N4O. The Morgan fingerprint density at radius 1 is 1.60 bits per heavy atom. The first-order valence-corrected chi connectivity index (χ1v) is 5.27. The topological polar surface area (TPSA) is 72.9 Å². The fraction of sp³-hybridized carbons (Fsp3) is 0.600. The number of nitrogens with one attached hydrogen (secondary N) is 1. The maximum Gasteiger partial charge on any atom is 0.274 e. The summed E-state index contributed by atoms with van der Waals surface area (Å²) in [5, 5.41) is 6.99. The van der Waals surface area contributed by atoms with E-state index in [9.17, 15) is 4.79 Å². The minimum absolute atomic E-state index is 0.153. The Kier molecular flexibility index (Phi) is 2.62. The van der Waals surface area contributed by atoms with E-state index in [4.69, 9.17) is 5.73 Å². The van der Waals surface area contributed by atoms with Crippen LogP contribution in [0.1, 0.15) is 36.2 Å². The Morgan fingerprint density at radius 2 is 2.27 bits per heavy atom. The van der Waals surface area contributed by atoms with Gasteiger partial charge in [-0.25, -0.2) is 0 Å². The number of carbonyl (C=O) groups is 1. The van der Waals surface area contributed by atoms with E-state index in [1.807, 2.05) is 0 Å². The molecule has 0 saturated heterocycles. The summed E-state index contributed by atoms with van der Waals surface area (Å²) in [4.78, 5) is 11.8. The van der Waals surface area contributed by atoms with Crippen LogP contribution >= 0.6 is 0 Å². The van der Waals surface area contributed by atoms with Crippen LogP contribution in [0.15, 0.2) is 6.20 Å². The van der Waals surface area contributed by atoms with E-state index < -0.39 is 0 Å². The molecule has 1 aliphatic rings. The van der Waals surface area contributed by atoms with Gasteiger partial charge in [-0.2, -0.15) is 5.10 Å². The highest BCUT2D eigenvalue weighted by molar-refractivity contribution is 5.97. The first kappa shape index (κ1) is 10.0. The molecule has 1 fully saturated rings. The number of anilines is 1. The van der Waals surface area contributed by atoms with Gasteiger partial charge in [-0.05, 0) is 12.8 Å². The number of amides is 1. The van der Waals surface area contributed by atoms with Crippen molar-refractivity contribution in [1.82, 2.24) is 15.1 Å². The number of rotatable bonds is 2. The summed E-state index contributed by atoms with van der Waals surface area (Å²) in [5.74, 6) is -0.153. The molecule has 0 spiro atoms. The molecule has 0 aliphatic heterocycles. The third-order valence-corrected chi connectivity index (χ3v) is 2.76. The molecule has 3 N–H and O–H groups in total. The van der Waals surface area contributed by atoms with Crippen molar-refractivity contribution < 1.29 is 4.79 Å². The number of nitrogen functional groups attached to an aromatic ring is 1. The van der Waals surface area contributed by atoms with Gasteiger partial charge in [0.2, 0.25) is 0 Å². The molecule has 1 saturated carbocycles. The quantitative estimate of drug-likeness (QED) is 0.750. The lowest BCUT2D eigenvalue weighted by atomic mass is 10.2. The van der Waals surface area contributed by atoms with Gasteiger partial charge in [-0.15, -0.1) is 0 Å². The van der Waals surface area contributed by atoms with Crippen molar-refractivity contribution in [2.24, 2.45) is 7.05 Å². The minimum atomic E-state index is -0.153. The van der Waals surface area contributed by atoms with E-state index in [1.54, 1.807) is 17.9 Å². The molecule has 15 heavy (non-hydrogen) atoms. The molecule has 0 unspecified atom stereocenters. The molecule has 82 valence electrons. The predicted molar refractivity (Wildman–Crippen MR) is 57.3 cm³/mol. The molecule has 0 bridgehead atoms. The molecule has 1 heterocycles. The van der Waals surface area contributed by atoms with Crippen LogP contribution in [0.25, 0.3) is 0 Å². The monoisotopic (exact) mass is 208 g/mol. The van der Waals surface area contributed by atoms with Crippen molar-refractivity contribution in [2.75, 3.05) is 5.73 Å². The molecule has 0 radical (unpaired) electrons. The van der Waals surface area contributed by atoms with Gasteiger partial charge in [0.15, 0.2) is 5.69 Å². The van der Waals surface area contributed by atoms with Gasteiger partial charge >= 0.3 is 0 Å². The molecule has 2 rings (SSSR count). The van der Waals surface area contributed by atoms with E-state index in [-0.39, 0.29) is 5.91 Å². The summed E-state index contributed by atoms with van der Waals surface area (Å²) < 4.78 is 1.55. The average Bonchev–Trinajstić information content (AvgIpc) is 2.75. The Balaban J connectivity index is 2.03. The van der Waals surface area contributed by atoms with Gasteiger partial charge in [-0.1, -0.05) is 12.8 Å². The van der Waals surface area contributed by atoms with Gasteiger partial charge < -0.3 is 11.1 Å². The van der Waals surface area contributed by atoms with Crippen LogP contribution in [0.4, 0.5) is 5.69 Å². The largest absolute Gasteiger partial charge is 0.396 e. The van der Waals surface area contributed by atoms with Crippen LogP contribution in [0, 0.1) is 0 Å². The number of hydrogen-bond donors (Lipinski definition) is 2. The first-order valence-electron chi connectivity index (χ1n) is 5.27. The number of hydrogen-bond acceptors (Lipinski definition) is 3. The van der Waals surface area contributed by atoms with Crippen molar-refractivity contribution in [3.8, 4) is 0 Å². The van der Waals surface area contributed by atoms with Crippen LogP contribution in [-0.4, -0.2) is 21.7 Å². The fourth-order valence-corrected chi connectivity index (χ4v) is 2.01. The summed E-state index contributed by atoms with van der Waals surface area (Å²) in [6.45, 7) is 0. The van der Waals surface area contributed by atoms with Gasteiger partial charge in [0.05, 0.1) is 5.69 Å². The number of nitrogens with zero attached hydrogens (tertiary/aromatic N) is 2. The molecule has 0 aromatic carbocycles. The van der Waals surface area contributed by atoms with E-state index in [2.05, 4.69) is 10.4 Å². The van der Waals surface area contributed by atoms with Crippen LogP contribution in [0.2, 0.25) is 0 Å². The molecule has 5 nitrogen and oxygen atoms in total. The highest BCUT2D eigenvalue weighted by Crippen LogP contribution is 2.18. The zero-order valence-electron chi connectivity index (χ0n) is 8.86. The molecule has 1 amide bonds. The van der Waals surface area contributed by atoms with Crippen molar-refractivity contribution in [1.29, 1.82) is 0 Å². The summed E-state index contributed by atoms with van der Waals surface area (Å²) >= 11 is 0. The summed E-state index contributed by atoms with van der Waals surface area (Å²) in [6, 6.07) is 0.305. The molecule has 5 heteroatoms.